The fourth-order valence-corrected chi connectivity index (χ4v) is 1.87. The number of aryl methyl sites for hydroxylation is 1. The average molecular weight is 256 g/mol. The number of Topliss-reactive ketones (excluding diaryl/α,β-unsaturated/α-hetero) is 1. The minimum atomic E-state index is 0. The van der Waals surface area contributed by atoms with E-state index in [0.717, 1.165) is 29.8 Å². The third-order valence-corrected chi connectivity index (χ3v) is 2.81. The monoisotopic (exact) mass is 255 g/mol. The topological polar surface area (TPSA) is 29.5 Å². The zero-order chi connectivity index (χ0) is 11.5. The van der Waals surface area contributed by atoms with Crippen molar-refractivity contribution in [2.45, 2.75) is 12.8 Å². The van der Waals surface area contributed by atoms with E-state index in [2.05, 4.69) is 4.90 Å². The second-order valence-electron chi connectivity index (χ2n) is 4.39. The van der Waals surface area contributed by atoms with Gasteiger partial charge in [0.25, 0.3) is 0 Å². The van der Waals surface area contributed by atoms with Crippen LogP contribution in [0.1, 0.15) is 22.3 Å². The Hall–Kier alpha value is -1.06. The summed E-state index contributed by atoms with van der Waals surface area (Å²) in [6.45, 7) is 1.58. The molecule has 0 amide bonds. The molecule has 0 bridgehead atoms. The van der Waals surface area contributed by atoms with Crippen LogP contribution in [0.5, 0.6) is 5.75 Å². The molecule has 0 heterocycles. The number of ether oxygens (including phenoxy) is 1. The smallest absolute Gasteiger partial charge is 0.163 e. The third kappa shape index (κ3) is 3.45. The second kappa shape index (κ2) is 6.03. The molecule has 0 atom stereocenters. The Morgan fingerprint density at radius 1 is 1.29 bits per heavy atom. The number of hydrogen-bond acceptors (Lipinski definition) is 3. The molecule has 0 aliphatic heterocycles. The molecule has 4 heteroatoms. The summed E-state index contributed by atoms with van der Waals surface area (Å²) in [6, 6.07) is 5.77. The van der Waals surface area contributed by atoms with Crippen LogP contribution in [-0.4, -0.2) is 37.9 Å². The molecular weight excluding hydrogens is 238 g/mol. The number of hydrogen-bond donors (Lipinski definition) is 0. The van der Waals surface area contributed by atoms with Gasteiger partial charge >= 0.3 is 0 Å². The molecule has 0 N–H and O–H groups in total. The summed E-state index contributed by atoms with van der Waals surface area (Å²) in [5, 5.41) is 0. The lowest BCUT2D eigenvalue weighted by Crippen LogP contribution is -2.19. The highest BCUT2D eigenvalue weighted by Gasteiger charge is 2.19. The molecule has 1 aliphatic carbocycles. The molecule has 0 radical (unpaired) electrons. The zero-order valence-corrected chi connectivity index (χ0v) is 11.0. The maximum atomic E-state index is 11.4. The number of ketones is 1. The molecular formula is C13H18ClNO2. The Labute approximate surface area is 108 Å². The van der Waals surface area contributed by atoms with Crippen LogP contribution in [0.3, 0.4) is 0 Å². The molecule has 1 aliphatic rings. The number of carbonyl (C=O) groups is 1. The summed E-state index contributed by atoms with van der Waals surface area (Å²) < 4.78 is 5.62. The fraction of sp³-hybridized carbons (Fsp3) is 0.462. The van der Waals surface area contributed by atoms with Gasteiger partial charge in [-0.25, -0.2) is 0 Å². The van der Waals surface area contributed by atoms with Gasteiger partial charge in [-0.1, -0.05) is 0 Å². The Morgan fingerprint density at radius 2 is 2.06 bits per heavy atom. The first-order chi connectivity index (χ1) is 7.66. The standard InChI is InChI=1S/C13H17NO2.ClH/c1-14(2)7-8-16-11-4-5-12-10(9-11)3-6-13(12)15;/h4-5,9H,3,6-8H2,1-2H3;1H. The second-order valence-corrected chi connectivity index (χ2v) is 4.39. The zero-order valence-electron chi connectivity index (χ0n) is 10.2. The van der Waals surface area contributed by atoms with E-state index in [1.807, 2.05) is 32.3 Å². The number of rotatable bonds is 4. The third-order valence-electron chi connectivity index (χ3n) is 2.81. The molecule has 3 nitrogen and oxygen atoms in total. The van der Waals surface area contributed by atoms with Crippen molar-refractivity contribution in [1.29, 1.82) is 0 Å². The first-order valence-electron chi connectivity index (χ1n) is 5.60. The molecule has 0 saturated carbocycles. The Balaban J connectivity index is 0.00000144. The van der Waals surface area contributed by atoms with Gasteiger partial charge in [0.2, 0.25) is 0 Å². The molecule has 0 aromatic heterocycles. The van der Waals surface area contributed by atoms with Crippen LogP contribution in [0.4, 0.5) is 0 Å². The van der Waals surface area contributed by atoms with E-state index in [0.29, 0.717) is 13.0 Å². The predicted molar refractivity (Wildman–Crippen MR) is 70.4 cm³/mol. The van der Waals surface area contributed by atoms with Gasteiger partial charge in [-0.05, 0) is 44.3 Å². The van der Waals surface area contributed by atoms with Gasteiger partial charge in [0, 0.05) is 18.5 Å². The molecule has 0 unspecified atom stereocenters. The minimum Gasteiger partial charge on any atom is -0.492 e. The summed E-state index contributed by atoms with van der Waals surface area (Å²) >= 11 is 0. The molecule has 17 heavy (non-hydrogen) atoms. The molecule has 94 valence electrons. The van der Waals surface area contributed by atoms with E-state index in [4.69, 9.17) is 4.74 Å². The fourth-order valence-electron chi connectivity index (χ4n) is 1.87. The van der Waals surface area contributed by atoms with Crippen LogP contribution in [0.2, 0.25) is 0 Å². The lowest BCUT2D eigenvalue weighted by atomic mass is 10.1. The maximum Gasteiger partial charge on any atom is 0.163 e. The summed E-state index contributed by atoms with van der Waals surface area (Å²) in [7, 11) is 4.04. The first-order valence-corrected chi connectivity index (χ1v) is 5.60. The average Bonchev–Trinajstić information content (AvgIpc) is 2.60. The normalized spacial score (nSPS) is 13.5. The molecule has 0 spiro atoms. The summed E-state index contributed by atoms with van der Waals surface area (Å²) in [5.74, 6) is 1.13. The van der Waals surface area contributed by atoms with Gasteiger partial charge in [-0.2, -0.15) is 0 Å². The maximum absolute atomic E-state index is 11.4. The molecule has 0 fully saturated rings. The summed E-state index contributed by atoms with van der Waals surface area (Å²) in [4.78, 5) is 13.5. The van der Waals surface area contributed by atoms with Gasteiger partial charge < -0.3 is 9.64 Å². The van der Waals surface area contributed by atoms with Crippen LogP contribution in [-0.2, 0) is 6.42 Å². The van der Waals surface area contributed by atoms with Crippen molar-refractivity contribution >= 4 is 18.2 Å². The van der Waals surface area contributed by atoms with Crippen molar-refractivity contribution in [3.05, 3.63) is 29.3 Å². The number of likely N-dealkylation sites (N-methyl/N-ethyl adjacent to an activating group) is 1. The van der Waals surface area contributed by atoms with E-state index in [-0.39, 0.29) is 18.2 Å². The number of fused-ring (bicyclic) bond motifs is 1. The first kappa shape index (κ1) is 14.0. The number of benzene rings is 1. The summed E-state index contributed by atoms with van der Waals surface area (Å²) in [6.07, 6.45) is 1.51. The van der Waals surface area contributed by atoms with Crippen LogP contribution in [0.25, 0.3) is 0 Å². The van der Waals surface area contributed by atoms with Gasteiger partial charge in [0.05, 0.1) is 0 Å². The van der Waals surface area contributed by atoms with Gasteiger partial charge in [0.15, 0.2) is 5.78 Å². The van der Waals surface area contributed by atoms with Gasteiger partial charge in [0.1, 0.15) is 12.4 Å². The highest BCUT2D eigenvalue weighted by atomic mass is 35.5. The number of halogens is 1. The highest BCUT2D eigenvalue weighted by Crippen LogP contribution is 2.25. The Morgan fingerprint density at radius 3 is 2.76 bits per heavy atom. The van der Waals surface area contributed by atoms with Crippen molar-refractivity contribution in [1.82, 2.24) is 4.90 Å². The van der Waals surface area contributed by atoms with Crippen molar-refractivity contribution in [3.8, 4) is 5.75 Å². The SMILES string of the molecule is CN(C)CCOc1ccc2c(c1)CCC2=O.Cl. The predicted octanol–water partition coefficient (Wildman–Crippen LogP) is 2.18. The van der Waals surface area contributed by atoms with Gasteiger partial charge in [-0.3, -0.25) is 4.79 Å². The number of nitrogens with zero attached hydrogens (tertiary/aromatic N) is 1. The molecule has 2 rings (SSSR count). The van der Waals surface area contributed by atoms with Crippen LogP contribution < -0.4 is 4.74 Å². The Bertz CT molecular complexity index is 404. The van der Waals surface area contributed by atoms with E-state index in [1.54, 1.807) is 0 Å². The van der Waals surface area contributed by atoms with Crippen molar-refractivity contribution in [2.75, 3.05) is 27.2 Å². The van der Waals surface area contributed by atoms with E-state index in [9.17, 15) is 4.79 Å². The van der Waals surface area contributed by atoms with Crippen molar-refractivity contribution in [2.24, 2.45) is 0 Å². The number of carbonyl (C=O) groups excluding carboxylic acids is 1. The van der Waals surface area contributed by atoms with Crippen LogP contribution in [0, 0.1) is 0 Å². The lowest BCUT2D eigenvalue weighted by Gasteiger charge is -2.11. The summed E-state index contributed by atoms with van der Waals surface area (Å²) in [5.41, 5.74) is 2.01. The largest absolute Gasteiger partial charge is 0.492 e. The minimum absolute atomic E-state index is 0. The van der Waals surface area contributed by atoms with Crippen LogP contribution in [0.15, 0.2) is 18.2 Å². The van der Waals surface area contributed by atoms with E-state index >= 15 is 0 Å². The molecule has 1 aromatic carbocycles. The Kier molecular flexibility index (Phi) is 4.97. The van der Waals surface area contributed by atoms with E-state index in [1.165, 1.54) is 0 Å². The van der Waals surface area contributed by atoms with Gasteiger partial charge in [-0.15, -0.1) is 12.4 Å². The molecule has 1 aromatic rings. The quantitative estimate of drug-likeness (QED) is 0.826. The van der Waals surface area contributed by atoms with Crippen molar-refractivity contribution < 1.29 is 9.53 Å². The molecule has 0 saturated heterocycles. The van der Waals surface area contributed by atoms with Crippen molar-refractivity contribution in [3.63, 3.8) is 0 Å². The highest BCUT2D eigenvalue weighted by molar-refractivity contribution is 6.00. The van der Waals surface area contributed by atoms with Crippen LogP contribution >= 0.6 is 12.4 Å². The lowest BCUT2D eigenvalue weighted by molar-refractivity contribution is 0.0994. The van der Waals surface area contributed by atoms with E-state index < -0.39 is 0 Å².